The van der Waals surface area contributed by atoms with Crippen LogP contribution < -0.4 is 0 Å². The van der Waals surface area contributed by atoms with Gasteiger partial charge in [0.05, 0.1) is 0 Å². The molecular weight excluding hydrogens is 274 g/mol. The third-order valence-corrected chi connectivity index (χ3v) is 4.39. The third kappa shape index (κ3) is 8.71. The zero-order valence-corrected chi connectivity index (χ0v) is 17.0. The Balaban J connectivity index is 5.46. The molecule has 0 heterocycles. The molecule has 0 aliphatic carbocycles. The quantitative estimate of drug-likeness (QED) is 0.581. The van der Waals surface area contributed by atoms with Gasteiger partial charge in [-0.05, 0) is 28.2 Å². The van der Waals surface area contributed by atoms with Crippen molar-refractivity contribution in [2.75, 3.05) is 28.2 Å². The van der Waals surface area contributed by atoms with E-state index >= 15 is 0 Å². The summed E-state index contributed by atoms with van der Waals surface area (Å²) in [6.45, 7) is 14.0. The molecule has 2 nitrogen and oxygen atoms in total. The molecule has 0 amide bonds. The lowest BCUT2D eigenvalue weighted by molar-refractivity contribution is 0.633. The van der Waals surface area contributed by atoms with Crippen molar-refractivity contribution in [1.29, 1.82) is 0 Å². The molecule has 20 heavy (non-hydrogen) atoms. The number of rotatable bonds is 3. The summed E-state index contributed by atoms with van der Waals surface area (Å²) in [7, 11) is 5.67. The molecule has 110 valence electrons. The Morgan fingerprint density at radius 2 is 0.850 bits per heavy atom. The minimum absolute atomic E-state index is 0.167. The van der Waals surface area contributed by atoms with Gasteiger partial charge in [-0.3, -0.25) is 0 Å². The average Bonchev–Trinajstić information content (AvgIpc) is 2.18. The van der Waals surface area contributed by atoms with E-state index < -0.39 is 16.1 Å². The summed E-state index contributed by atoms with van der Waals surface area (Å²) in [6, 6.07) is 0. The Kier molecular flexibility index (Phi) is 7.42. The maximum absolute atomic E-state index is 3.50. The summed E-state index contributed by atoms with van der Waals surface area (Å²) < 4.78 is 0. The first-order valence-electron chi connectivity index (χ1n) is 7.22. The Hall–Kier alpha value is -0.396. The molecule has 0 aliphatic heterocycles. The zero-order valence-electron chi connectivity index (χ0n) is 15.0. The molecule has 0 spiro atoms. The summed E-state index contributed by atoms with van der Waals surface area (Å²) in [5.74, 6) is 6.97. The zero-order chi connectivity index (χ0) is 16.1. The molecule has 0 atom stereocenters. The standard InChI is InChI=1S/C14H30B2N2Si2/c1-17(2)15(11-13-19(5,6)7)16(18(3)4)12-14-20(8,9)10/h1-10H3. The molecule has 0 aromatic carbocycles. The van der Waals surface area contributed by atoms with E-state index in [0.717, 1.165) is 0 Å². The van der Waals surface area contributed by atoms with Crippen molar-refractivity contribution in [2.45, 2.75) is 39.3 Å². The molecule has 0 aliphatic rings. The van der Waals surface area contributed by atoms with Crippen LogP contribution in [0.25, 0.3) is 0 Å². The number of hydrogen-bond acceptors (Lipinski definition) is 2. The van der Waals surface area contributed by atoms with Gasteiger partial charge in [0.25, 0.3) is 0 Å². The highest BCUT2D eigenvalue weighted by molar-refractivity contribution is 7.27. The molecule has 0 bridgehead atoms. The first-order chi connectivity index (χ1) is 8.83. The lowest BCUT2D eigenvalue weighted by Gasteiger charge is -2.24. The van der Waals surface area contributed by atoms with Crippen molar-refractivity contribution >= 4 is 29.6 Å². The molecule has 0 saturated heterocycles. The van der Waals surface area contributed by atoms with Crippen molar-refractivity contribution in [2.24, 2.45) is 0 Å². The Morgan fingerprint density at radius 3 is 1.00 bits per heavy atom. The lowest BCUT2D eigenvalue weighted by atomic mass is 9.20. The Morgan fingerprint density at radius 1 is 0.600 bits per heavy atom. The minimum Gasteiger partial charge on any atom is -0.340 e. The van der Waals surface area contributed by atoms with E-state index in [1.54, 1.807) is 0 Å². The van der Waals surface area contributed by atoms with Gasteiger partial charge in [-0.1, -0.05) is 39.3 Å². The van der Waals surface area contributed by atoms with Crippen LogP contribution in [0.2, 0.25) is 39.3 Å². The van der Waals surface area contributed by atoms with E-state index in [0.29, 0.717) is 0 Å². The maximum atomic E-state index is 3.50. The van der Waals surface area contributed by atoms with E-state index in [1.807, 2.05) is 0 Å². The van der Waals surface area contributed by atoms with E-state index in [-0.39, 0.29) is 13.5 Å². The van der Waals surface area contributed by atoms with Crippen LogP contribution >= 0.6 is 0 Å². The van der Waals surface area contributed by atoms with Crippen LogP contribution in [0, 0.1) is 22.7 Å². The fraction of sp³-hybridized carbons (Fsp3) is 0.714. The van der Waals surface area contributed by atoms with Gasteiger partial charge in [0.15, 0.2) is 0 Å². The van der Waals surface area contributed by atoms with E-state index in [2.05, 4.69) is 99.8 Å². The number of hydrogen-bond donors (Lipinski definition) is 0. The highest BCUT2D eigenvalue weighted by Crippen LogP contribution is 2.02. The van der Waals surface area contributed by atoms with E-state index in [4.69, 9.17) is 0 Å². The van der Waals surface area contributed by atoms with E-state index in [1.165, 1.54) is 0 Å². The first kappa shape index (κ1) is 19.6. The van der Waals surface area contributed by atoms with Crippen LogP contribution in [0.1, 0.15) is 0 Å². The van der Waals surface area contributed by atoms with Crippen LogP contribution in [-0.2, 0) is 0 Å². The molecule has 6 heteroatoms. The second-order valence-corrected chi connectivity index (χ2v) is 17.4. The molecule has 0 N–H and O–H groups in total. The van der Waals surface area contributed by atoms with Gasteiger partial charge in [-0.25, -0.2) is 0 Å². The Bertz CT molecular complexity index is 387. The van der Waals surface area contributed by atoms with Crippen LogP contribution in [0.5, 0.6) is 0 Å². The van der Waals surface area contributed by atoms with Gasteiger partial charge >= 0.3 is 13.5 Å². The number of nitrogens with zero attached hydrogens (tertiary/aromatic N) is 2. The van der Waals surface area contributed by atoms with Crippen LogP contribution in [-0.4, -0.2) is 67.4 Å². The van der Waals surface area contributed by atoms with Crippen molar-refractivity contribution in [1.82, 2.24) is 9.62 Å². The van der Waals surface area contributed by atoms with Crippen LogP contribution in [0.4, 0.5) is 0 Å². The predicted molar refractivity (Wildman–Crippen MR) is 101 cm³/mol. The van der Waals surface area contributed by atoms with Gasteiger partial charge < -0.3 is 9.62 Å². The molecule has 0 rings (SSSR count). The molecule has 0 aromatic heterocycles. The minimum atomic E-state index is -1.35. The second-order valence-electron chi connectivity index (χ2n) is 7.86. The predicted octanol–water partition coefficient (Wildman–Crippen LogP) is 2.01. The summed E-state index contributed by atoms with van der Waals surface area (Å²) >= 11 is 0. The molecule has 0 saturated carbocycles. The smallest absolute Gasteiger partial charge is 0.310 e. The first-order valence-corrected chi connectivity index (χ1v) is 14.2. The maximum Gasteiger partial charge on any atom is 0.310 e. The fourth-order valence-corrected chi connectivity index (χ4v) is 2.72. The molecule has 0 fully saturated rings. The third-order valence-electron chi connectivity index (χ3n) is 2.60. The van der Waals surface area contributed by atoms with Crippen molar-refractivity contribution in [3.63, 3.8) is 0 Å². The highest BCUT2D eigenvalue weighted by Gasteiger charge is 2.32. The SMILES string of the molecule is CN(C)B(C#C[Si](C)(C)C)B(C#C[Si](C)(C)C)N(C)C. The summed E-state index contributed by atoms with van der Waals surface area (Å²) in [6.07, 6.45) is 0. The second kappa shape index (κ2) is 7.57. The van der Waals surface area contributed by atoms with Gasteiger partial charge in [-0.2, -0.15) is 0 Å². The molecule has 0 unspecified atom stereocenters. The highest BCUT2D eigenvalue weighted by atomic mass is 28.3. The average molecular weight is 304 g/mol. The van der Waals surface area contributed by atoms with E-state index in [9.17, 15) is 0 Å². The molecule has 0 aromatic rings. The summed E-state index contributed by atoms with van der Waals surface area (Å²) in [5, 5.41) is 0. The van der Waals surface area contributed by atoms with Gasteiger partial charge in [0.1, 0.15) is 16.1 Å². The van der Waals surface area contributed by atoms with Gasteiger partial charge in [0, 0.05) is 0 Å². The van der Waals surface area contributed by atoms with Crippen LogP contribution in [0.15, 0.2) is 0 Å². The monoisotopic (exact) mass is 304 g/mol. The lowest BCUT2D eigenvalue weighted by Crippen LogP contribution is -2.54. The fourth-order valence-electron chi connectivity index (χ4n) is 1.56. The van der Waals surface area contributed by atoms with Gasteiger partial charge in [0.2, 0.25) is 0 Å². The largest absolute Gasteiger partial charge is 0.340 e. The normalized spacial score (nSPS) is 11.6. The summed E-state index contributed by atoms with van der Waals surface area (Å²) in [4.78, 5) is 4.38. The van der Waals surface area contributed by atoms with Crippen molar-refractivity contribution in [3.8, 4) is 22.7 Å². The van der Waals surface area contributed by atoms with Gasteiger partial charge in [-0.15, -0.1) is 22.7 Å². The van der Waals surface area contributed by atoms with Crippen molar-refractivity contribution in [3.05, 3.63) is 0 Å². The van der Waals surface area contributed by atoms with Crippen LogP contribution in [0.3, 0.4) is 0 Å². The Labute approximate surface area is 129 Å². The molecule has 0 radical (unpaired) electrons. The topological polar surface area (TPSA) is 6.48 Å². The molecular formula is C14H30B2N2Si2. The van der Waals surface area contributed by atoms with Crippen molar-refractivity contribution < 1.29 is 0 Å². The summed E-state index contributed by atoms with van der Waals surface area (Å²) in [5.41, 5.74) is 7.00.